The van der Waals surface area contributed by atoms with Gasteiger partial charge in [0.2, 0.25) is 0 Å². The third kappa shape index (κ3) is 24.2. The van der Waals surface area contributed by atoms with E-state index in [2.05, 4.69) is 19.9 Å². The first-order valence-electron chi connectivity index (χ1n) is 12.3. The van der Waals surface area contributed by atoms with Gasteiger partial charge in [0.15, 0.2) is 24.0 Å². The summed E-state index contributed by atoms with van der Waals surface area (Å²) in [6.45, 7) is 0.900. The van der Waals surface area contributed by atoms with E-state index in [-0.39, 0.29) is 23.7 Å². The van der Waals surface area contributed by atoms with Crippen LogP contribution in [0.1, 0.15) is 27.8 Å². The lowest BCUT2D eigenvalue weighted by Crippen LogP contribution is -2.33. The van der Waals surface area contributed by atoms with Gasteiger partial charge in [0.25, 0.3) is 0 Å². The molecule has 33 heteroatoms. The minimum Gasteiger partial charge on any atom is -0.505 e. The van der Waals surface area contributed by atoms with Crippen LogP contribution in [0.25, 0.3) is 11.2 Å². The van der Waals surface area contributed by atoms with Crippen LogP contribution in [0.4, 0.5) is 5.82 Å². The Balaban J connectivity index is 0. The van der Waals surface area contributed by atoms with E-state index in [1.54, 1.807) is 6.92 Å². The third-order valence-electron chi connectivity index (χ3n) is 4.82. The van der Waals surface area contributed by atoms with Gasteiger partial charge in [-0.3, -0.25) is 14.3 Å². The summed E-state index contributed by atoms with van der Waals surface area (Å²) in [5, 5.41) is 46.8. The molecule has 294 valence electrons. The Bertz CT molecular complexity index is 1610. The number of phosphoric acid groups is 4. The molecule has 0 radical (unpaired) electrons. The Kier molecular flexibility index (Phi) is 21.4. The largest absolute Gasteiger partial charge is 0.505 e. The van der Waals surface area contributed by atoms with E-state index in [9.17, 15) is 20.1 Å². The Hall–Kier alpha value is -2.79. The molecule has 0 unspecified atom stereocenters. The van der Waals surface area contributed by atoms with E-state index in [1.165, 1.54) is 23.4 Å². The topological polar surface area (TPSA) is 521 Å². The lowest BCUT2D eigenvalue weighted by Gasteiger charge is -2.16. The van der Waals surface area contributed by atoms with Gasteiger partial charge in [-0.05, 0) is 6.92 Å². The Labute approximate surface area is 283 Å². The number of nitrogens with two attached hydrogens (primary N) is 1. The van der Waals surface area contributed by atoms with Crippen molar-refractivity contribution >= 4 is 54.6 Å². The zero-order valence-corrected chi connectivity index (χ0v) is 28.8. The Morgan fingerprint density at radius 1 is 0.804 bits per heavy atom. The molecule has 4 atom stereocenters. The number of aliphatic hydroxyl groups is 4. The van der Waals surface area contributed by atoms with Gasteiger partial charge in [-0.15, -0.1) is 0 Å². The normalized spacial score (nSPS) is 18.5. The van der Waals surface area contributed by atoms with Gasteiger partial charge in [-0.2, -0.15) is 0 Å². The van der Waals surface area contributed by atoms with Crippen molar-refractivity contribution in [1.29, 1.82) is 0 Å². The number of hydrogen-bond acceptors (Lipinski definition) is 16. The molecule has 1 aliphatic rings. The van der Waals surface area contributed by atoms with Crippen molar-refractivity contribution in [2.75, 3.05) is 12.3 Å². The molecule has 0 aromatic carbocycles. The molecule has 4 heterocycles. The van der Waals surface area contributed by atoms with Crippen LogP contribution >= 0.6 is 31.3 Å². The van der Waals surface area contributed by atoms with Crippen LogP contribution in [0.2, 0.25) is 0 Å². The Morgan fingerprint density at radius 3 is 1.63 bits per heavy atom. The quantitative estimate of drug-likeness (QED) is 0.0862. The van der Waals surface area contributed by atoms with E-state index in [0.29, 0.717) is 28.7 Å². The molecule has 29 nitrogen and oxygen atoms in total. The number of aliphatic hydroxyl groups excluding tert-OH is 4. The molecule has 0 spiro atoms. The number of imidazole rings is 1. The number of fused-ring (bicyclic) bond motifs is 1. The number of aromatic hydroxyl groups is 1. The van der Waals surface area contributed by atoms with Crippen LogP contribution < -0.4 is 5.73 Å². The smallest absolute Gasteiger partial charge is 0.466 e. The summed E-state index contributed by atoms with van der Waals surface area (Å²) in [6, 6.07) is 0. The zero-order valence-electron chi connectivity index (χ0n) is 25.2. The average molecular weight is 826 g/mol. The first-order valence-corrected chi connectivity index (χ1v) is 18.5. The molecule has 3 aromatic heterocycles. The third-order valence-corrected chi connectivity index (χ3v) is 4.82. The van der Waals surface area contributed by atoms with Crippen LogP contribution in [-0.4, -0.2) is 140 Å². The van der Waals surface area contributed by atoms with Crippen molar-refractivity contribution < 1.29 is 112 Å². The molecule has 19 N–H and O–H groups in total. The van der Waals surface area contributed by atoms with Crippen LogP contribution in [0, 0.1) is 6.92 Å². The van der Waals surface area contributed by atoms with Gasteiger partial charge in [0.05, 0.1) is 30.8 Å². The fraction of sp³-hybridized carbons (Fsp3) is 0.389. The molecule has 4 rings (SSSR count). The van der Waals surface area contributed by atoms with Gasteiger partial charge in [0, 0.05) is 11.8 Å². The fourth-order valence-electron chi connectivity index (χ4n) is 3.08. The molecule has 1 fully saturated rings. The number of aromatic nitrogens is 5. The molecule has 1 aliphatic heterocycles. The van der Waals surface area contributed by atoms with Gasteiger partial charge < -0.3 is 94.7 Å². The summed E-state index contributed by atoms with van der Waals surface area (Å²) in [6.07, 6.45) is 0.460. The van der Waals surface area contributed by atoms with Gasteiger partial charge >= 0.3 is 31.3 Å². The zero-order chi connectivity index (χ0) is 40.7. The maximum Gasteiger partial charge on any atom is 0.466 e. The molecule has 51 heavy (non-hydrogen) atoms. The fourth-order valence-corrected chi connectivity index (χ4v) is 3.08. The van der Waals surface area contributed by atoms with Crippen molar-refractivity contribution in [1.82, 2.24) is 24.5 Å². The number of rotatable bonds is 4. The standard InChI is InChI=1S/C10H13N5O4.C8H9NO3.4H3O4P/c11-8-5-9(13-2-12-8)15(3-14-5)10-7(18)6(17)4(1-16)19-10;1-5-8(12)7(4-11)6(3-10)2-9-5;4*1-5(2,3)4/h2-4,6-7,10,16-18H,1H2,(H2,11,12,13);2,4,10,12H,3H2,1H3;4*(H3,1,2,3,4)/t4-,6-,7-,10-;;;;;/m1...../s1. The maximum atomic E-state index is 10.5. The molecule has 3 aromatic rings. The van der Waals surface area contributed by atoms with E-state index in [0.717, 1.165) is 0 Å². The van der Waals surface area contributed by atoms with Gasteiger partial charge in [-0.25, -0.2) is 33.2 Å². The van der Waals surface area contributed by atoms with Crippen LogP contribution in [-0.2, 0) is 29.6 Å². The highest BCUT2D eigenvalue weighted by molar-refractivity contribution is 7.45. The number of nitrogen functional groups attached to an aromatic ring is 1. The number of aryl methyl sites for hydroxylation is 1. The van der Waals surface area contributed by atoms with Crippen LogP contribution in [0.3, 0.4) is 0 Å². The van der Waals surface area contributed by atoms with Crippen molar-refractivity contribution in [3.63, 3.8) is 0 Å². The van der Waals surface area contributed by atoms with Crippen LogP contribution in [0.5, 0.6) is 5.75 Å². The molecular weight excluding hydrogens is 792 g/mol. The first-order chi connectivity index (χ1) is 22.8. The second-order valence-corrected chi connectivity index (χ2v) is 12.9. The predicted molar refractivity (Wildman–Crippen MR) is 162 cm³/mol. The number of carbonyl (C=O) groups excluding carboxylic acids is 1. The monoisotopic (exact) mass is 826 g/mol. The first kappa shape index (κ1) is 50.3. The molecule has 0 saturated carbocycles. The SMILES string of the molecule is Cc1ncc(CO)c(C=O)c1O.Nc1ncnc2c1ncn2[C@@H]1O[C@H](CO)[C@@H](O)[C@H]1O.O=P(O)(O)O.O=P(O)(O)O.O=P(O)(O)O.O=P(O)(O)O. The molecule has 0 amide bonds. The highest BCUT2D eigenvalue weighted by Crippen LogP contribution is 2.32. The predicted octanol–water partition coefficient (Wildman–Crippen LogP) is -5.29. The van der Waals surface area contributed by atoms with E-state index in [1.807, 2.05) is 0 Å². The highest BCUT2D eigenvalue weighted by Gasteiger charge is 2.44. The second kappa shape index (κ2) is 21.7. The van der Waals surface area contributed by atoms with Crippen molar-refractivity contribution in [2.45, 2.75) is 38.1 Å². The minimum absolute atomic E-state index is 0.116. The molecule has 0 aliphatic carbocycles. The number of aldehydes is 1. The summed E-state index contributed by atoms with van der Waals surface area (Å²) >= 11 is 0. The lowest BCUT2D eigenvalue weighted by atomic mass is 10.1. The van der Waals surface area contributed by atoms with E-state index < -0.39 is 62.4 Å². The summed E-state index contributed by atoms with van der Waals surface area (Å²) in [4.78, 5) is 112. The number of nitrogens with zero attached hydrogens (tertiary/aromatic N) is 5. The number of hydrogen-bond donors (Lipinski definition) is 18. The average Bonchev–Trinajstić information content (AvgIpc) is 3.48. The number of anilines is 1. The summed E-state index contributed by atoms with van der Waals surface area (Å²) < 4.78 is 42.4. The molecule has 1 saturated heterocycles. The van der Waals surface area contributed by atoms with Gasteiger partial charge in [-0.1, -0.05) is 0 Å². The summed E-state index contributed by atoms with van der Waals surface area (Å²) in [5.74, 6) is 0.0621. The van der Waals surface area contributed by atoms with Crippen molar-refractivity contribution in [3.8, 4) is 5.75 Å². The second-order valence-electron chi connectivity index (χ2n) is 8.77. The van der Waals surface area contributed by atoms with Gasteiger partial charge in [0.1, 0.15) is 35.9 Å². The van der Waals surface area contributed by atoms with E-state index in [4.69, 9.17) is 97.7 Å². The lowest BCUT2D eigenvalue weighted by molar-refractivity contribution is -0.0511. The van der Waals surface area contributed by atoms with Crippen molar-refractivity contribution in [2.24, 2.45) is 0 Å². The summed E-state index contributed by atoms with van der Waals surface area (Å²) in [7, 11) is -18.6. The number of ether oxygens (including phenoxy) is 1. The Morgan fingerprint density at radius 2 is 1.25 bits per heavy atom. The number of carbonyl (C=O) groups is 1. The van der Waals surface area contributed by atoms with Crippen LogP contribution in [0.15, 0.2) is 18.9 Å². The molecular formula is C18H34N6O23P4. The van der Waals surface area contributed by atoms with Crippen molar-refractivity contribution in [3.05, 3.63) is 35.7 Å². The number of pyridine rings is 1. The summed E-state index contributed by atoms with van der Waals surface area (Å²) in [5.41, 5.74) is 7.28. The highest BCUT2D eigenvalue weighted by atomic mass is 31.2. The van der Waals surface area contributed by atoms with E-state index >= 15 is 0 Å². The minimum atomic E-state index is -4.64. The maximum absolute atomic E-state index is 10.5. The molecule has 0 bridgehead atoms.